The summed E-state index contributed by atoms with van der Waals surface area (Å²) in [6.07, 6.45) is 6.72. The topological polar surface area (TPSA) is 68.8 Å². The molecule has 0 bridgehead atoms. The predicted octanol–water partition coefficient (Wildman–Crippen LogP) is 2.56. The highest BCUT2D eigenvalue weighted by molar-refractivity contribution is 5.80. The number of hydrogen-bond donors (Lipinski definition) is 3. The van der Waals surface area contributed by atoms with Crippen molar-refractivity contribution in [2.75, 3.05) is 39.3 Å². The fraction of sp³-hybridized carbons (Fsp3) is 0.667. The van der Waals surface area contributed by atoms with Gasteiger partial charge in [0.15, 0.2) is 5.96 Å². The van der Waals surface area contributed by atoms with E-state index in [4.69, 9.17) is 4.99 Å². The Hall–Kier alpha value is -2.08. The smallest absolute Gasteiger partial charge is 0.234 e. The molecule has 1 saturated carbocycles. The molecular weight excluding hydrogens is 374 g/mol. The Balaban J connectivity index is 1.45. The van der Waals surface area contributed by atoms with Gasteiger partial charge in [-0.05, 0) is 56.4 Å². The van der Waals surface area contributed by atoms with Crippen molar-refractivity contribution in [2.24, 2.45) is 10.4 Å². The lowest BCUT2D eigenvalue weighted by Crippen LogP contribution is -2.50. The number of carbonyl (C=O) groups is 1. The number of rotatable bonds is 10. The van der Waals surface area contributed by atoms with Crippen LogP contribution in [0.4, 0.5) is 0 Å². The first-order valence-electron chi connectivity index (χ1n) is 11.7. The molecule has 2 aliphatic rings. The molecule has 1 aliphatic carbocycles. The van der Waals surface area contributed by atoms with Crippen LogP contribution in [0, 0.1) is 5.41 Å². The fourth-order valence-electron chi connectivity index (χ4n) is 4.12. The molecule has 3 N–H and O–H groups in total. The highest BCUT2D eigenvalue weighted by Crippen LogP contribution is 2.48. The molecule has 1 aromatic rings. The van der Waals surface area contributed by atoms with E-state index >= 15 is 0 Å². The minimum Gasteiger partial charge on any atom is -0.357 e. The number of nitrogens with zero attached hydrogens (tertiary/aromatic N) is 2. The quantitative estimate of drug-likeness (QED) is 0.407. The van der Waals surface area contributed by atoms with Crippen molar-refractivity contribution in [3.63, 3.8) is 0 Å². The molecule has 1 aliphatic heterocycles. The lowest BCUT2D eigenvalue weighted by molar-refractivity contribution is -0.122. The van der Waals surface area contributed by atoms with E-state index in [1.165, 1.54) is 18.4 Å². The standard InChI is InChI=1S/C24H39N5O/c1-3-14-26-22(30)18-29-15-10-21(11-16-29)28-23(25-4-2)27-19-24(12-13-24)17-20-8-6-5-7-9-20/h5-9,21H,3-4,10-19H2,1-2H3,(H,26,30)(H2,25,27,28). The Morgan fingerprint density at radius 2 is 1.87 bits per heavy atom. The number of nitrogens with one attached hydrogen (secondary N) is 3. The Morgan fingerprint density at radius 1 is 1.13 bits per heavy atom. The Morgan fingerprint density at radius 3 is 2.50 bits per heavy atom. The van der Waals surface area contributed by atoms with Gasteiger partial charge in [0.1, 0.15) is 0 Å². The normalized spacial score (nSPS) is 19.3. The summed E-state index contributed by atoms with van der Waals surface area (Å²) < 4.78 is 0. The molecule has 6 nitrogen and oxygen atoms in total. The maximum Gasteiger partial charge on any atom is 0.234 e. The number of aliphatic imine (C=N–C) groups is 1. The van der Waals surface area contributed by atoms with Crippen molar-refractivity contribution in [3.8, 4) is 0 Å². The van der Waals surface area contributed by atoms with Crippen LogP contribution in [0.15, 0.2) is 35.3 Å². The van der Waals surface area contributed by atoms with Crippen LogP contribution in [-0.2, 0) is 11.2 Å². The van der Waals surface area contributed by atoms with Crippen LogP contribution in [0.25, 0.3) is 0 Å². The van der Waals surface area contributed by atoms with Crippen LogP contribution in [-0.4, -0.2) is 62.1 Å². The number of likely N-dealkylation sites (tertiary alicyclic amines) is 1. The largest absolute Gasteiger partial charge is 0.357 e. The predicted molar refractivity (Wildman–Crippen MR) is 124 cm³/mol. The zero-order valence-electron chi connectivity index (χ0n) is 18.8. The van der Waals surface area contributed by atoms with E-state index in [-0.39, 0.29) is 5.91 Å². The van der Waals surface area contributed by atoms with Crippen molar-refractivity contribution in [2.45, 2.75) is 58.4 Å². The molecule has 0 unspecified atom stereocenters. The Labute approximate surface area is 181 Å². The lowest BCUT2D eigenvalue weighted by atomic mass is 9.97. The van der Waals surface area contributed by atoms with Crippen molar-refractivity contribution in [1.29, 1.82) is 0 Å². The molecule has 0 atom stereocenters. The number of guanidine groups is 1. The molecule has 0 spiro atoms. The molecule has 1 saturated heterocycles. The van der Waals surface area contributed by atoms with Gasteiger partial charge in [-0.2, -0.15) is 0 Å². The molecule has 6 heteroatoms. The SMILES string of the molecule is CCCNC(=O)CN1CCC(NC(=NCC2(Cc3ccccc3)CC2)NCC)CC1. The summed E-state index contributed by atoms with van der Waals surface area (Å²) in [5.74, 6) is 1.09. The first-order chi connectivity index (χ1) is 14.6. The van der Waals surface area contributed by atoms with E-state index in [1.54, 1.807) is 0 Å². The third-order valence-electron chi connectivity index (χ3n) is 6.16. The monoisotopic (exact) mass is 413 g/mol. The van der Waals surface area contributed by atoms with E-state index < -0.39 is 0 Å². The van der Waals surface area contributed by atoms with Gasteiger partial charge in [-0.15, -0.1) is 0 Å². The summed E-state index contributed by atoms with van der Waals surface area (Å²) in [5.41, 5.74) is 1.76. The van der Waals surface area contributed by atoms with Crippen LogP contribution < -0.4 is 16.0 Å². The average Bonchev–Trinajstić information content (AvgIpc) is 3.52. The number of carbonyl (C=O) groups excluding carboxylic acids is 1. The number of hydrogen-bond acceptors (Lipinski definition) is 3. The fourth-order valence-corrected chi connectivity index (χ4v) is 4.12. The van der Waals surface area contributed by atoms with Gasteiger partial charge in [-0.1, -0.05) is 37.3 Å². The number of amides is 1. The first-order valence-corrected chi connectivity index (χ1v) is 11.7. The first kappa shape index (κ1) is 22.6. The van der Waals surface area contributed by atoms with Gasteiger partial charge < -0.3 is 16.0 Å². The minimum atomic E-state index is 0.145. The summed E-state index contributed by atoms with van der Waals surface area (Å²) in [6.45, 7) is 9.14. The van der Waals surface area contributed by atoms with Gasteiger partial charge in [-0.25, -0.2) is 0 Å². The van der Waals surface area contributed by atoms with Gasteiger partial charge >= 0.3 is 0 Å². The van der Waals surface area contributed by atoms with Gasteiger partial charge in [0.2, 0.25) is 5.91 Å². The third kappa shape index (κ3) is 7.31. The molecule has 166 valence electrons. The molecule has 0 radical (unpaired) electrons. The second-order valence-corrected chi connectivity index (χ2v) is 8.90. The molecule has 1 amide bonds. The molecule has 30 heavy (non-hydrogen) atoms. The van der Waals surface area contributed by atoms with Crippen molar-refractivity contribution < 1.29 is 4.79 Å². The van der Waals surface area contributed by atoms with Crippen LogP contribution in [0.2, 0.25) is 0 Å². The lowest BCUT2D eigenvalue weighted by Gasteiger charge is -2.32. The summed E-state index contributed by atoms with van der Waals surface area (Å²) in [4.78, 5) is 19.1. The van der Waals surface area contributed by atoms with Crippen molar-refractivity contribution in [1.82, 2.24) is 20.9 Å². The molecule has 3 rings (SSSR count). The molecular formula is C24H39N5O. The van der Waals surface area contributed by atoms with E-state index in [1.807, 2.05) is 0 Å². The third-order valence-corrected chi connectivity index (χ3v) is 6.16. The van der Waals surface area contributed by atoms with E-state index in [0.717, 1.165) is 64.4 Å². The summed E-state index contributed by atoms with van der Waals surface area (Å²) in [5, 5.41) is 10.0. The number of piperidine rings is 1. The maximum atomic E-state index is 11.9. The summed E-state index contributed by atoms with van der Waals surface area (Å²) in [6, 6.07) is 11.2. The Bertz CT molecular complexity index is 678. The maximum absolute atomic E-state index is 11.9. The zero-order valence-corrected chi connectivity index (χ0v) is 18.8. The van der Waals surface area contributed by atoms with E-state index in [0.29, 0.717) is 18.0 Å². The second-order valence-electron chi connectivity index (χ2n) is 8.90. The van der Waals surface area contributed by atoms with Crippen molar-refractivity contribution >= 4 is 11.9 Å². The van der Waals surface area contributed by atoms with E-state index in [2.05, 4.69) is 65.0 Å². The highest BCUT2D eigenvalue weighted by Gasteiger charge is 2.42. The minimum absolute atomic E-state index is 0.145. The van der Waals surface area contributed by atoms with Crippen LogP contribution in [0.3, 0.4) is 0 Å². The summed E-state index contributed by atoms with van der Waals surface area (Å²) in [7, 11) is 0. The van der Waals surface area contributed by atoms with Crippen molar-refractivity contribution in [3.05, 3.63) is 35.9 Å². The van der Waals surface area contributed by atoms with Gasteiger partial charge in [0.05, 0.1) is 6.54 Å². The Kier molecular flexibility index (Phi) is 8.55. The van der Waals surface area contributed by atoms with E-state index in [9.17, 15) is 4.79 Å². The number of benzene rings is 1. The van der Waals surface area contributed by atoms with Gasteiger partial charge in [-0.3, -0.25) is 14.7 Å². The zero-order chi connectivity index (χ0) is 21.2. The second kappa shape index (κ2) is 11.3. The highest BCUT2D eigenvalue weighted by atomic mass is 16.2. The molecule has 1 heterocycles. The summed E-state index contributed by atoms with van der Waals surface area (Å²) >= 11 is 0. The van der Waals surface area contributed by atoms with Crippen LogP contribution in [0.1, 0.15) is 51.5 Å². The molecule has 2 fully saturated rings. The van der Waals surface area contributed by atoms with Crippen LogP contribution in [0.5, 0.6) is 0 Å². The molecule has 1 aromatic carbocycles. The van der Waals surface area contributed by atoms with Crippen LogP contribution >= 0.6 is 0 Å². The molecule has 0 aromatic heterocycles. The average molecular weight is 414 g/mol. The van der Waals surface area contributed by atoms with Gasteiger partial charge in [0, 0.05) is 38.8 Å². The van der Waals surface area contributed by atoms with Gasteiger partial charge in [0.25, 0.3) is 0 Å².